The van der Waals surface area contributed by atoms with Gasteiger partial charge in [0.2, 0.25) is 0 Å². The minimum atomic E-state index is -0.581. The standard InChI is InChI=1S/C17H23Cl2OP/c1-10(9-20-2)14(18)15-16(21(15)19)17-6-11-3-12(7-17)5-13(4-11)8-17/h11-13H,3-9H2,1-2H3/b14-10-. The van der Waals surface area contributed by atoms with E-state index >= 15 is 0 Å². The summed E-state index contributed by atoms with van der Waals surface area (Å²) in [4.78, 5) is 0. The van der Waals surface area contributed by atoms with E-state index in [0.717, 1.165) is 28.4 Å². The summed E-state index contributed by atoms with van der Waals surface area (Å²) in [6.45, 7) is 2.67. The fourth-order valence-corrected chi connectivity index (χ4v) is 9.47. The van der Waals surface area contributed by atoms with Gasteiger partial charge in [0.05, 0.1) is 18.9 Å². The Morgan fingerprint density at radius 1 is 1.19 bits per heavy atom. The van der Waals surface area contributed by atoms with Gasteiger partial charge in [0.15, 0.2) is 0 Å². The second-order valence-electron chi connectivity index (χ2n) is 7.70. The topological polar surface area (TPSA) is 9.23 Å². The summed E-state index contributed by atoms with van der Waals surface area (Å²) in [5, 5.41) is 3.78. The molecule has 1 heterocycles. The molecule has 0 aromatic carbocycles. The molecule has 1 nitrogen and oxygen atoms in total. The van der Waals surface area contributed by atoms with Gasteiger partial charge in [0.25, 0.3) is 0 Å². The average Bonchev–Trinajstić information content (AvgIpc) is 3.09. The van der Waals surface area contributed by atoms with Crippen LogP contribution in [0, 0.1) is 23.2 Å². The molecule has 4 aliphatic carbocycles. The van der Waals surface area contributed by atoms with Crippen molar-refractivity contribution in [2.24, 2.45) is 23.2 Å². The van der Waals surface area contributed by atoms with E-state index in [1.54, 1.807) is 12.4 Å². The summed E-state index contributed by atoms with van der Waals surface area (Å²) in [5.74, 6) is 2.90. The van der Waals surface area contributed by atoms with Crippen molar-refractivity contribution in [1.29, 1.82) is 0 Å². The third-order valence-corrected chi connectivity index (χ3v) is 9.42. The van der Waals surface area contributed by atoms with Crippen molar-refractivity contribution >= 4 is 30.1 Å². The number of allylic oxidation sites excluding steroid dienone is 3. The lowest BCUT2D eigenvalue weighted by Gasteiger charge is -2.56. The van der Waals surface area contributed by atoms with Crippen LogP contribution in [0.2, 0.25) is 0 Å². The van der Waals surface area contributed by atoms with E-state index in [2.05, 4.69) is 6.92 Å². The molecule has 0 amide bonds. The SMILES string of the molecule is COC/C(C)=C(\Cl)C1=C(C23CC4CC(CC(C4)C2)C3)P1Cl. The van der Waals surface area contributed by atoms with Crippen molar-refractivity contribution in [2.45, 2.75) is 45.4 Å². The largest absolute Gasteiger partial charge is 0.380 e. The Morgan fingerprint density at radius 3 is 2.19 bits per heavy atom. The van der Waals surface area contributed by atoms with Crippen molar-refractivity contribution < 1.29 is 4.74 Å². The van der Waals surface area contributed by atoms with Crippen LogP contribution in [0.3, 0.4) is 0 Å². The first-order chi connectivity index (χ1) is 10.0. The molecule has 0 saturated heterocycles. The fraction of sp³-hybridized carbons (Fsp3) is 0.765. The Bertz CT molecular complexity index is 502. The Morgan fingerprint density at radius 2 is 1.71 bits per heavy atom. The highest BCUT2D eigenvalue weighted by Gasteiger charge is 2.59. The molecule has 1 atom stereocenters. The van der Waals surface area contributed by atoms with Crippen LogP contribution in [0.4, 0.5) is 0 Å². The molecule has 0 N–H and O–H groups in total. The van der Waals surface area contributed by atoms with E-state index in [1.807, 2.05) is 0 Å². The van der Waals surface area contributed by atoms with Crippen LogP contribution in [0.1, 0.15) is 45.4 Å². The van der Waals surface area contributed by atoms with E-state index in [4.69, 9.17) is 27.6 Å². The highest BCUT2D eigenvalue weighted by molar-refractivity contribution is 7.96. The number of rotatable bonds is 4. The van der Waals surface area contributed by atoms with Crippen molar-refractivity contribution in [1.82, 2.24) is 0 Å². The van der Waals surface area contributed by atoms with Crippen LogP contribution in [-0.4, -0.2) is 13.7 Å². The molecule has 0 radical (unpaired) electrons. The molecule has 1 aliphatic heterocycles. The van der Waals surface area contributed by atoms with Crippen molar-refractivity contribution in [3.8, 4) is 0 Å². The van der Waals surface area contributed by atoms with Crippen molar-refractivity contribution in [2.75, 3.05) is 13.7 Å². The molecule has 0 aromatic heterocycles. The summed E-state index contributed by atoms with van der Waals surface area (Å²) in [7, 11) is 1.14. The molecule has 5 rings (SSSR count). The van der Waals surface area contributed by atoms with Crippen LogP contribution in [0.15, 0.2) is 21.2 Å². The molecule has 4 bridgehead atoms. The second kappa shape index (κ2) is 5.23. The first-order valence-electron chi connectivity index (χ1n) is 8.09. The van der Waals surface area contributed by atoms with Gasteiger partial charge in [-0.05, 0) is 79.5 Å². The van der Waals surface area contributed by atoms with Gasteiger partial charge in [0, 0.05) is 12.4 Å². The zero-order valence-electron chi connectivity index (χ0n) is 12.8. The number of hydrogen-bond donors (Lipinski definition) is 0. The normalized spacial score (nSPS) is 45.1. The van der Waals surface area contributed by atoms with Gasteiger partial charge in [-0.25, -0.2) is 0 Å². The highest BCUT2D eigenvalue weighted by atomic mass is 35.7. The molecular formula is C17H23Cl2OP. The van der Waals surface area contributed by atoms with Gasteiger partial charge in [-0.1, -0.05) is 22.8 Å². The number of ether oxygens (including phenoxy) is 1. The predicted molar refractivity (Wildman–Crippen MR) is 90.8 cm³/mol. The quantitative estimate of drug-likeness (QED) is 0.549. The smallest absolute Gasteiger partial charge is 0.0687 e. The van der Waals surface area contributed by atoms with Gasteiger partial charge in [-0.3, -0.25) is 0 Å². The molecule has 4 heteroatoms. The molecule has 1 unspecified atom stereocenters. The first-order valence-corrected chi connectivity index (χ1v) is 10.7. The first kappa shape index (κ1) is 15.0. The van der Waals surface area contributed by atoms with E-state index in [-0.39, 0.29) is 0 Å². The van der Waals surface area contributed by atoms with E-state index in [1.165, 1.54) is 43.8 Å². The predicted octanol–water partition coefficient (Wildman–Crippen LogP) is 6.22. The van der Waals surface area contributed by atoms with E-state index in [0.29, 0.717) is 12.0 Å². The monoisotopic (exact) mass is 344 g/mol. The van der Waals surface area contributed by atoms with Gasteiger partial charge < -0.3 is 4.74 Å². The molecule has 0 aromatic rings. The van der Waals surface area contributed by atoms with Crippen LogP contribution < -0.4 is 0 Å². The second-order valence-corrected chi connectivity index (χ2v) is 10.6. The third kappa shape index (κ3) is 2.35. The zero-order chi connectivity index (χ0) is 14.8. The number of methoxy groups -OCH3 is 1. The molecular weight excluding hydrogens is 322 g/mol. The minimum Gasteiger partial charge on any atom is -0.380 e. The fourth-order valence-electron chi connectivity index (χ4n) is 5.68. The molecule has 5 aliphatic rings. The van der Waals surface area contributed by atoms with Gasteiger partial charge in [-0.2, -0.15) is 0 Å². The summed E-state index contributed by atoms with van der Waals surface area (Å²) < 4.78 is 5.22. The lowest BCUT2D eigenvalue weighted by atomic mass is 9.49. The molecule has 21 heavy (non-hydrogen) atoms. The van der Waals surface area contributed by atoms with Crippen molar-refractivity contribution in [3.05, 3.63) is 21.2 Å². The van der Waals surface area contributed by atoms with Gasteiger partial charge in [-0.15, -0.1) is 0 Å². The summed E-state index contributed by atoms with van der Waals surface area (Å²) in [6, 6.07) is 0. The van der Waals surface area contributed by atoms with Gasteiger partial charge in [0.1, 0.15) is 0 Å². The Labute approximate surface area is 138 Å². The minimum absolute atomic E-state index is 0.436. The van der Waals surface area contributed by atoms with E-state index < -0.39 is 7.27 Å². The van der Waals surface area contributed by atoms with E-state index in [9.17, 15) is 0 Å². The lowest BCUT2D eigenvalue weighted by molar-refractivity contribution is -0.0251. The van der Waals surface area contributed by atoms with Crippen LogP contribution >= 0.6 is 30.1 Å². The van der Waals surface area contributed by atoms with Crippen molar-refractivity contribution in [3.63, 3.8) is 0 Å². The highest BCUT2D eigenvalue weighted by Crippen LogP contribution is 2.84. The third-order valence-electron chi connectivity index (χ3n) is 6.05. The number of halogens is 2. The summed E-state index contributed by atoms with van der Waals surface area (Å²) in [6.07, 6.45) is 8.60. The Hall–Kier alpha value is 0.450. The maximum absolute atomic E-state index is 6.72. The maximum Gasteiger partial charge on any atom is 0.0687 e. The Balaban J connectivity index is 1.66. The number of hydrogen-bond acceptors (Lipinski definition) is 1. The maximum atomic E-state index is 6.72. The molecule has 4 saturated carbocycles. The summed E-state index contributed by atoms with van der Waals surface area (Å²) in [5.41, 5.74) is 1.56. The molecule has 116 valence electrons. The van der Waals surface area contributed by atoms with Crippen LogP contribution in [0.5, 0.6) is 0 Å². The molecule has 4 fully saturated rings. The average molecular weight is 345 g/mol. The zero-order valence-corrected chi connectivity index (χ0v) is 15.2. The Kier molecular flexibility index (Phi) is 3.74. The summed E-state index contributed by atoms with van der Waals surface area (Å²) >= 11 is 13.3. The van der Waals surface area contributed by atoms with Crippen LogP contribution in [-0.2, 0) is 4.74 Å². The molecule has 0 spiro atoms. The lowest BCUT2D eigenvalue weighted by Crippen LogP contribution is -2.45. The van der Waals surface area contributed by atoms with Crippen LogP contribution in [0.25, 0.3) is 0 Å². The van der Waals surface area contributed by atoms with Gasteiger partial charge >= 0.3 is 0 Å².